The summed E-state index contributed by atoms with van der Waals surface area (Å²) in [4.78, 5) is 17.6. The van der Waals surface area contributed by atoms with E-state index in [-0.39, 0.29) is 5.91 Å². The van der Waals surface area contributed by atoms with Gasteiger partial charge >= 0.3 is 0 Å². The summed E-state index contributed by atoms with van der Waals surface area (Å²) in [6, 6.07) is 15.4. The molecule has 2 aromatic carbocycles. The van der Waals surface area contributed by atoms with E-state index in [9.17, 15) is 4.79 Å². The number of likely N-dealkylation sites (tertiary alicyclic amines) is 2. The maximum atomic E-state index is 13.0. The van der Waals surface area contributed by atoms with E-state index < -0.39 is 0 Å². The van der Waals surface area contributed by atoms with Crippen molar-refractivity contribution >= 4 is 5.91 Å². The Hall–Kier alpha value is -2.77. The van der Waals surface area contributed by atoms with Crippen LogP contribution in [0.2, 0.25) is 0 Å². The Balaban J connectivity index is 1.36. The molecule has 2 saturated heterocycles. The number of nitrogens with zero attached hydrogens (tertiary/aromatic N) is 2. The Bertz CT molecular complexity index is 903. The van der Waals surface area contributed by atoms with Gasteiger partial charge in [0.25, 0.3) is 5.91 Å². The highest BCUT2D eigenvalue weighted by Crippen LogP contribution is 2.21. The summed E-state index contributed by atoms with van der Waals surface area (Å²) in [6.45, 7) is 5.35. The summed E-state index contributed by atoms with van der Waals surface area (Å²) in [6.07, 6.45) is 4.99. The topological polar surface area (TPSA) is 32.8 Å². The summed E-state index contributed by atoms with van der Waals surface area (Å²) < 4.78 is 5.17. The predicted octanol–water partition coefficient (Wildman–Crippen LogP) is 4.04. The molecular weight excluding hydrogens is 372 g/mol. The van der Waals surface area contributed by atoms with E-state index in [1.165, 1.54) is 32.4 Å². The molecule has 2 aromatic rings. The first-order valence-electron chi connectivity index (χ1n) is 11.0. The Morgan fingerprint density at radius 3 is 2.20 bits per heavy atom. The van der Waals surface area contributed by atoms with Crippen molar-refractivity contribution in [3.63, 3.8) is 0 Å². The molecule has 0 radical (unpaired) electrons. The standard InChI is InChI=1S/C26H30N2O2/c1-30-25-14-10-22(11-15-25)7-6-21-8-12-24(13-9-21)26(29)28-18-4-5-23(20-28)19-27-16-2-3-17-27/h8-15,23H,2-5,16-20H2,1H3. The first-order chi connectivity index (χ1) is 14.7. The SMILES string of the molecule is COc1ccc(C#Cc2ccc(C(=O)N3CCCC(CN4CCCC4)C3)cc2)cc1. The molecule has 0 aromatic heterocycles. The van der Waals surface area contributed by atoms with Crippen LogP contribution < -0.4 is 4.74 Å². The van der Waals surface area contributed by atoms with Crippen molar-refractivity contribution < 1.29 is 9.53 Å². The second-order valence-corrected chi connectivity index (χ2v) is 8.32. The van der Waals surface area contributed by atoms with Gasteiger partial charge in [-0.25, -0.2) is 0 Å². The van der Waals surface area contributed by atoms with Crippen molar-refractivity contribution in [3.05, 3.63) is 65.2 Å². The molecule has 1 amide bonds. The number of carbonyl (C=O) groups excluding carboxylic acids is 1. The average Bonchev–Trinajstić information content (AvgIpc) is 3.31. The molecule has 0 spiro atoms. The minimum Gasteiger partial charge on any atom is -0.497 e. The van der Waals surface area contributed by atoms with Crippen LogP contribution in [0.3, 0.4) is 0 Å². The second kappa shape index (κ2) is 9.82. The maximum Gasteiger partial charge on any atom is 0.253 e. The molecule has 2 heterocycles. The number of ether oxygens (including phenoxy) is 1. The van der Waals surface area contributed by atoms with Crippen LogP contribution in [0, 0.1) is 17.8 Å². The lowest BCUT2D eigenvalue weighted by Crippen LogP contribution is -2.43. The van der Waals surface area contributed by atoms with Crippen LogP contribution >= 0.6 is 0 Å². The van der Waals surface area contributed by atoms with E-state index >= 15 is 0 Å². The predicted molar refractivity (Wildman–Crippen MR) is 120 cm³/mol. The number of methoxy groups -OCH3 is 1. The van der Waals surface area contributed by atoms with E-state index in [0.717, 1.165) is 48.5 Å². The van der Waals surface area contributed by atoms with Crippen molar-refractivity contribution in [2.24, 2.45) is 5.92 Å². The Labute approximate surface area is 179 Å². The zero-order valence-electron chi connectivity index (χ0n) is 17.8. The van der Waals surface area contributed by atoms with Crippen LogP contribution in [0.25, 0.3) is 0 Å². The normalized spacial score (nSPS) is 19.2. The van der Waals surface area contributed by atoms with Crippen molar-refractivity contribution in [1.29, 1.82) is 0 Å². The zero-order chi connectivity index (χ0) is 20.8. The quantitative estimate of drug-likeness (QED) is 0.724. The van der Waals surface area contributed by atoms with Gasteiger partial charge in [-0.2, -0.15) is 0 Å². The molecule has 0 bridgehead atoms. The molecule has 2 aliphatic heterocycles. The first-order valence-corrected chi connectivity index (χ1v) is 11.0. The van der Waals surface area contributed by atoms with Gasteiger partial charge in [0, 0.05) is 36.3 Å². The summed E-state index contributed by atoms with van der Waals surface area (Å²) in [5.41, 5.74) is 2.60. The summed E-state index contributed by atoms with van der Waals surface area (Å²) in [5, 5.41) is 0. The van der Waals surface area contributed by atoms with Gasteiger partial charge in [0.05, 0.1) is 7.11 Å². The first kappa shape index (κ1) is 20.5. The van der Waals surface area contributed by atoms with Gasteiger partial charge in [0.2, 0.25) is 0 Å². The van der Waals surface area contributed by atoms with Gasteiger partial charge in [0.1, 0.15) is 5.75 Å². The average molecular weight is 403 g/mol. The lowest BCUT2D eigenvalue weighted by Gasteiger charge is -2.34. The minimum atomic E-state index is 0.149. The molecule has 2 fully saturated rings. The number of amides is 1. The summed E-state index contributed by atoms with van der Waals surface area (Å²) in [5.74, 6) is 7.91. The van der Waals surface area contributed by atoms with E-state index in [2.05, 4.69) is 16.7 Å². The second-order valence-electron chi connectivity index (χ2n) is 8.32. The Kier molecular flexibility index (Phi) is 6.71. The smallest absolute Gasteiger partial charge is 0.253 e. The third-order valence-electron chi connectivity index (χ3n) is 6.09. The molecule has 156 valence electrons. The van der Waals surface area contributed by atoms with E-state index in [1.807, 2.05) is 53.4 Å². The van der Waals surface area contributed by atoms with E-state index in [4.69, 9.17) is 4.74 Å². The fourth-order valence-electron chi connectivity index (χ4n) is 4.43. The number of hydrogen-bond acceptors (Lipinski definition) is 3. The fourth-order valence-corrected chi connectivity index (χ4v) is 4.43. The van der Waals surface area contributed by atoms with Crippen LogP contribution in [-0.4, -0.2) is 55.5 Å². The Morgan fingerprint density at radius 2 is 1.57 bits per heavy atom. The van der Waals surface area contributed by atoms with Crippen LogP contribution in [-0.2, 0) is 0 Å². The van der Waals surface area contributed by atoms with E-state index in [1.54, 1.807) is 7.11 Å². The monoisotopic (exact) mass is 402 g/mol. The van der Waals surface area contributed by atoms with Crippen molar-refractivity contribution in [2.75, 3.05) is 39.8 Å². The lowest BCUT2D eigenvalue weighted by atomic mass is 9.96. The van der Waals surface area contributed by atoms with Crippen LogP contribution in [0.4, 0.5) is 0 Å². The fraction of sp³-hybridized carbons (Fsp3) is 0.423. The third-order valence-corrected chi connectivity index (χ3v) is 6.09. The van der Waals surface area contributed by atoms with Crippen molar-refractivity contribution in [1.82, 2.24) is 9.80 Å². The molecular formula is C26H30N2O2. The highest BCUT2D eigenvalue weighted by atomic mass is 16.5. The molecule has 0 N–H and O–H groups in total. The van der Waals surface area contributed by atoms with Gasteiger partial charge in [-0.15, -0.1) is 0 Å². The molecule has 1 atom stereocenters. The van der Waals surface area contributed by atoms with Gasteiger partial charge in [-0.05, 0) is 93.2 Å². The molecule has 0 saturated carbocycles. The molecule has 30 heavy (non-hydrogen) atoms. The molecule has 0 aliphatic carbocycles. The van der Waals surface area contributed by atoms with Gasteiger partial charge in [0.15, 0.2) is 0 Å². The minimum absolute atomic E-state index is 0.149. The van der Waals surface area contributed by atoms with Gasteiger partial charge in [-0.3, -0.25) is 4.79 Å². The Morgan fingerprint density at radius 1 is 0.933 bits per heavy atom. The molecule has 1 unspecified atom stereocenters. The summed E-state index contributed by atoms with van der Waals surface area (Å²) >= 11 is 0. The van der Waals surface area contributed by atoms with Crippen molar-refractivity contribution in [2.45, 2.75) is 25.7 Å². The van der Waals surface area contributed by atoms with Gasteiger partial charge in [-0.1, -0.05) is 11.8 Å². The van der Waals surface area contributed by atoms with Crippen LogP contribution in [0.5, 0.6) is 5.75 Å². The maximum absolute atomic E-state index is 13.0. The van der Waals surface area contributed by atoms with Crippen LogP contribution in [0.1, 0.15) is 47.2 Å². The number of piperidine rings is 1. The van der Waals surface area contributed by atoms with Crippen molar-refractivity contribution in [3.8, 4) is 17.6 Å². The molecule has 4 rings (SSSR count). The lowest BCUT2D eigenvalue weighted by molar-refractivity contribution is 0.0648. The molecule has 4 heteroatoms. The zero-order valence-corrected chi connectivity index (χ0v) is 17.8. The van der Waals surface area contributed by atoms with Gasteiger partial charge < -0.3 is 14.5 Å². The number of hydrogen-bond donors (Lipinski definition) is 0. The number of carbonyl (C=O) groups is 1. The summed E-state index contributed by atoms with van der Waals surface area (Å²) in [7, 11) is 1.65. The third kappa shape index (κ3) is 5.23. The largest absolute Gasteiger partial charge is 0.497 e. The number of benzene rings is 2. The number of rotatable bonds is 4. The highest BCUT2D eigenvalue weighted by Gasteiger charge is 2.26. The van der Waals surface area contributed by atoms with E-state index in [0.29, 0.717) is 5.92 Å². The molecule has 4 nitrogen and oxygen atoms in total. The molecule has 2 aliphatic rings. The van der Waals surface area contributed by atoms with Crippen LogP contribution in [0.15, 0.2) is 48.5 Å². The highest BCUT2D eigenvalue weighted by molar-refractivity contribution is 5.94.